The van der Waals surface area contributed by atoms with Crippen molar-refractivity contribution < 1.29 is 31.9 Å². The third-order valence-electron chi connectivity index (χ3n) is 2.01. The topological polar surface area (TPSA) is 43.4 Å². The number of hydrogen-bond acceptors (Lipinski definition) is 3. The average Bonchev–Trinajstić information content (AvgIpc) is 2.25. The Labute approximate surface area is 99.4 Å². The van der Waals surface area contributed by atoms with Crippen molar-refractivity contribution in [2.45, 2.75) is 13.1 Å². The summed E-state index contributed by atoms with van der Waals surface area (Å²) in [4.78, 5) is 21.7. The Morgan fingerprint density at radius 3 is 2.39 bits per heavy atom. The second-order valence-electron chi connectivity index (χ2n) is 3.38. The van der Waals surface area contributed by atoms with Crippen LogP contribution in [0.4, 0.5) is 17.6 Å². The van der Waals surface area contributed by atoms with E-state index < -0.39 is 35.9 Å². The lowest BCUT2D eigenvalue weighted by atomic mass is 10.1. The number of para-hydroxylation sites is 1. The van der Waals surface area contributed by atoms with Crippen LogP contribution in [-0.2, 0) is 4.79 Å². The minimum absolute atomic E-state index is 0.218. The number of benzene rings is 1. The van der Waals surface area contributed by atoms with Gasteiger partial charge in [0.1, 0.15) is 0 Å². The van der Waals surface area contributed by atoms with Crippen molar-refractivity contribution in [1.29, 1.82) is 0 Å². The fourth-order valence-electron chi connectivity index (χ4n) is 1.15. The molecule has 0 unspecified atom stereocenters. The van der Waals surface area contributed by atoms with Crippen molar-refractivity contribution >= 4 is 11.6 Å². The second-order valence-corrected chi connectivity index (χ2v) is 3.38. The van der Waals surface area contributed by atoms with Crippen molar-refractivity contribution in [2.75, 3.05) is 6.61 Å². The van der Waals surface area contributed by atoms with Crippen LogP contribution in [0.15, 0.2) is 18.2 Å². The molecular formula is C11H8F4O3. The predicted octanol–water partition coefficient (Wildman–Crippen LogP) is 2.54. The Balaban J connectivity index is 2.92. The highest BCUT2D eigenvalue weighted by molar-refractivity contribution is 5.97. The summed E-state index contributed by atoms with van der Waals surface area (Å²) in [5.41, 5.74) is -0.218. The molecular weight excluding hydrogens is 256 g/mol. The van der Waals surface area contributed by atoms with E-state index in [2.05, 4.69) is 4.74 Å². The first-order valence-corrected chi connectivity index (χ1v) is 4.75. The number of alkyl halides is 3. The van der Waals surface area contributed by atoms with E-state index in [1.54, 1.807) is 0 Å². The van der Waals surface area contributed by atoms with E-state index in [1.165, 1.54) is 12.1 Å². The molecule has 0 radical (unpaired) electrons. The van der Waals surface area contributed by atoms with Crippen molar-refractivity contribution in [3.8, 4) is 5.75 Å². The summed E-state index contributed by atoms with van der Waals surface area (Å²) in [5.74, 6) is -4.38. The van der Waals surface area contributed by atoms with E-state index in [-0.39, 0.29) is 5.56 Å². The first-order chi connectivity index (χ1) is 8.23. The van der Waals surface area contributed by atoms with Gasteiger partial charge in [0.25, 0.3) is 5.78 Å². The van der Waals surface area contributed by atoms with Crippen LogP contribution >= 0.6 is 0 Å². The van der Waals surface area contributed by atoms with Gasteiger partial charge in [-0.2, -0.15) is 13.2 Å². The SMILES string of the molecule is CC(=O)c1cccc(F)c1OCC(=O)C(F)(F)F. The van der Waals surface area contributed by atoms with Gasteiger partial charge in [-0.15, -0.1) is 0 Å². The summed E-state index contributed by atoms with van der Waals surface area (Å²) in [6, 6.07) is 3.32. The van der Waals surface area contributed by atoms with Gasteiger partial charge in [-0.25, -0.2) is 4.39 Å². The normalized spacial score (nSPS) is 11.2. The highest BCUT2D eigenvalue weighted by Gasteiger charge is 2.38. The Morgan fingerprint density at radius 2 is 1.89 bits per heavy atom. The summed E-state index contributed by atoms with van der Waals surface area (Å²) in [6.07, 6.45) is -5.05. The quantitative estimate of drug-likeness (QED) is 0.620. The zero-order chi connectivity index (χ0) is 13.9. The average molecular weight is 264 g/mol. The van der Waals surface area contributed by atoms with Crippen LogP contribution in [-0.4, -0.2) is 24.3 Å². The summed E-state index contributed by atoms with van der Waals surface area (Å²) in [5, 5.41) is 0. The molecule has 0 heterocycles. The Bertz CT molecular complexity index is 480. The molecule has 0 saturated heterocycles. The van der Waals surface area contributed by atoms with Gasteiger partial charge in [-0.05, 0) is 19.1 Å². The first-order valence-electron chi connectivity index (χ1n) is 4.75. The molecule has 0 spiro atoms. The van der Waals surface area contributed by atoms with Crippen molar-refractivity contribution in [3.05, 3.63) is 29.6 Å². The summed E-state index contributed by atoms with van der Waals surface area (Å²) in [6.45, 7) is -0.266. The summed E-state index contributed by atoms with van der Waals surface area (Å²) >= 11 is 0. The lowest BCUT2D eigenvalue weighted by Gasteiger charge is -2.11. The Hall–Kier alpha value is -1.92. The fourth-order valence-corrected chi connectivity index (χ4v) is 1.15. The number of hydrogen-bond donors (Lipinski definition) is 0. The van der Waals surface area contributed by atoms with Crippen LogP contribution in [0.25, 0.3) is 0 Å². The van der Waals surface area contributed by atoms with Crippen LogP contribution in [0.3, 0.4) is 0 Å². The van der Waals surface area contributed by atoms with E-state index in [0.717, 1.165) is 13.0 Å². The van der Waals surface area contributed by atoms with Crippen LogP contribution in [0.1, 0.15) is 17.3 Å². The minimum Gasteiger partial charge on any atom is -0.482 e. The third kappa shape index (κ3) is 3.28. The molecule has 0 amide bonds. The monoisotopic (exact) mass is 264 g/mol. The molecule has 0 fully saturated rings. The lowest BCUT2D eigenvalue weighted by molar-refractivity contribution is -0.173. The zero-order valence-corrected chi connectivity index (χ0v) is 9.18. The molecule has 0 saturated carbocycles. The van der Waals surface area contributed by atoms with E-state index in [9.17, 15) is 27.2 Å². The first kappa shape index (κ1) is 14.1. The van der Waals surface area contributed by atoms with Gasteiger partial charge in [0.05, 0.1) is 5.56 Å². The van der Waals surface area contributed by atoms with Gasteiger partial charge in [-0.1, -0.05) is 6.07 Å². The van der Waals surface area contributed by atoms with E-state index in [4.69, 9.17) is 0 Å². The lowest BCUT2D eigenvalue weighted by Crippen LogP contribution is -2.29. The Morgan fingerprint density at radius 1 is 1.28 bits per heavy atom. The number of Topliss-reactive ketones (excluding diaryl/α,β-unsaturated/α-hetero) is 2. The van der Waals surface area contributed by atoms with E-state index in [0.29, 0.717) is 0 Å². The third-order valence-corrected chi connectivity index (χ3v) is 2.01. The molecule has 3 nitrogen and oxygen atoms in total. The highest BCUT2D eigenvalue weighted by atomic mass is 19.4. The molecule has 0 N–H and O–H groups in total. The molecule has 1 rings (SSSR count). The maximum atomic E-state index is 13.3. The summed E-state index contributed by atoms with van der Waals surface area (Å²) in [7, 11) is 0. The molecule has 0 atom stereocenters. The van der Waals surface area contributed by atoms with Crippen molar-refractivity contribution in [3.63, 3.8) is 0 Å². The molecule has 7 heteroatoms. The number of halogens is 4. The van der Waals surface area contributed by atoms with Gasteiger partial charge in [0.15, 0.2) is 24.0 Å². The molecule has 0 bridgehead atoms. The maximum absolute atomic E-state index is 13.3. The van der Waals surface area contributed by atoms with Gasteiger partial charge in [0, 0.05) is 0 Å². The highest BCUT2D eigenvalue weighted by Crippen LogP contribution is 2.24. The number of carbonyl (C=O) groups excluding carboxylic acids is 2. The molecule has 0 aromatic heterocycles. The number of carbonyl (C=O) groups is 2. The largest absolute Gasteiger partial charge is 0.482 e. The molecule has 98 valence electrons. The van der Waals surface area contributed by atoms with Gasteiger partial charge in [-0.3, -0.25) is 9.59 Å². The Kier molecular flexibility index (Phi) is 4.05. The van der Waals surface area contributed by atoms with Gasteiger partial charge < -0.3 is 4.74 Å². The van der Waals surface area contributed by atoms with Crippen molar-refractivity contribution in [1.82, 2.24) is 0 Å². The van der Waals surface area contributed by atoms with Crippen LogP contribution < -0.4 is 4.74 Å². The van der Waals surface area contributed by atoms with Crippen LogP contribution in [0.2, 0.25) is 0 Å². The van der Waals surface area contributed by atoms with E-state index >= 15 is 0 Å². The maximum Gasteiger partial charge on any atom is 0.453 e. The van der Waals surface area contributed by atoms with Crippen LogP contribution in [0.5, 0.6) is 5.75 Å². The molecule has 0 aliphatic heterocycles. The number of ketones is 2. The zero-order valence-electron chi connectivity index (χ0n) is 9.18. The van der Waals surface area contributed by atoms with Crippen LogP contribution in [0, 0.1) is 5.82 Å². The van der Waals surface area contributed by atoms with E-state index in [1.807, 2.05) is 0 Å². The van der Waals surface area contributed by atoms with Crippen molar-refractivity contribution in [2.24, 2.45) is 0 Å². The summed E-state index contributed by atoms with van der Waals surface area (Å²) < 4.78 is 53.5. The molecule has 0 aliphatic rings. The molecule has 1 aromatic rings. The smallest absolute Gasteiger partial charge is 0.453 e. The van der Waals surface area contributed by atoms with Gasteiger partial charge >= 0.3 is 6.18 Å². The number of ether oxygens (including phenoxy) is 1. The van der Waals surface area contributed by atoms with Gasteiger partial charge in [0.2, 0.25) is 0 Å². The fraction of sp³-hybridized carbons (Fsp3) is 0.273. The molecule has 1 aromatic carbocycles. The minimum atomic E-state index is -5.05. The number of rotatable bonds is 4. The standard InChI is InChI=1S/C11H8F4O3/c1-6(16)7-3-2-4-8(12)10(7)18-5-9(17)11(13,14)15/h2-4H,5H2,1H3. The molecule has 0 aliphatic carbocycles. The molecule has 18 heavy (non-hydrogen) atoms. The second kappa shape index (κ2) is 5.16. The predicted molar refractivity (Wildman–Crippen MR) is 53.0 cm³/mol.